The average Bonchev–Trinajstić information content (AvgIpc) is 3.10. The maximum absolute atomic E-state index is 12.2. The van der Waals surface area contributed by atoms with E-state index in [2.05, 4.69) is 20.0 Å². The largest absolute Gasteiger partial charge is 0.297 e. The summed E-state index contributed by atoms with van der Waals surface area (Å²) in [7, 11) is 0. The minimum absolute atomic E-state index is 0.0170. The fraction of sp³-hybridized carbons (Fsp3) is 0.412. The van der Waals surface area contributed by atoms with Gasteiger partial charge in [-0.05, 0) is 44.0 Å². The molecule has 4 heterocycles. The Labute approximate surface area is 139 Å². The first-order chi connectivity index (χ1) is 11.8. The molecular weight excluding hydrogens is 304 g/mol. The molecule has 7 heteroatoms. The fourth-order valence-electron chi connectivity index (χ4n) is 3.33. The van der Waals surface area contributed by atoms with Crippen LogP contribution in [-0.4, -0.2) is 42.1 Å². The van der Waals surface area contributed by atoms with Crippen LogP contribution in [0.1, 0.15) is 18.5 Å². The van der Waals surface area contributed by atoms with Crippen LogP contribution in [0.15, 0.2) is 47.9 Å². The van der Waals surface area contributed by atoms with Crippen LogP contribution in [0.3, 0.4) is 0 Å². The molecule has 0 unspecified atom stereocenters. The van der Waals surface area contributed by atoms with E-state index in [4.69, 9.17) is 0 Å². The fourth-order valence-corrected chi connectivity index (χ4v) is 3.33. The zero-order valence-corrected chi connectivity index (χ0v) is 13.5. The van der Waals surface area contributed by atoms with Gasteiger partial charge in [0.05, 0.1) is 5.69 Å². The molecule has 0 aliphatic carbocycles. The van der Waals surface area contributed by atoms with Gasteiger partial charge in [-0.15, -0.1) is 0 Å². The molecule has 1 aliphatic rings. The summed E-state index contributed by atoms with van der Waals surface area (Å²) < 4.78 is 3.49. The van der Waals surface area contributed by atoms with E-state index in [-0.39, 0.29) is 5.56 Å². The Bertz CT molecular complexity index is 864. The van der Waals surface area contributed by atoms with Gasteiger partial charge >= 0.3 is 0 Å². The molecular formula is C17H20N6O. The summed E-state index contributed by atoms with van der Waals surface area (Å²) in [6, 6.07) is 7.26. The number of hydrogen-bond acceptors (Lipinski definition) is 5. The standard InChI is InChI=1S/C17H20N6O/c24-17-9-15(20-16-3-1-2-6-23(16)17)11-21-7-4-14(5-8-21)10-22-13-18-12-19-22/h1-3,6,9,12-14H,4-5,7-8,10-11H2. The monoisotopic (exact) mass is 324 g/mol. The van der Waals surface area contributed by atoms with Crippen LogP contribution in [0.4, 0.5) is 0 Å². The van der Waals surface area contributed by atoms with E-state index in [1.807, 2.05) is 22.9 Å². The molecule has 0 N–H and O–H groups in total. The predicted molar refractivity (Wildman–Crippen MR) is 89.5 cm³/mol. The van der Waals surface area contributed by atoms with Crippen molar-refractivity contribution in [2.75, 3.05) is 13.1 Å². The van der Waals surface area contributed by atoms with E-state index in [9.17, 15) is 4.79 Å². The van der Waals surface area contributed by atoms with Crippen molar-refractivity contribution in [3.05, 3.63) is 59.2 Å². The average molecular weight is 324 g/mol. The first-order valence-corrected chi connectivity index (χ1v) is 8.30. The zero-order valence-electron chi connectivity index (χ0n) is 13.5. The smallest absolute Gasteiger partial charge is 0.258 e. The second-order valence-corrected chi connectivity index (χ2v) is 6.35. The zero-order chi connectivity index (χ0) is 16.4. The Balaban J connectivity index is 1.39. The van der Waals surface area contributed by atoms with Crippen molar-refractivity contribution in [2.45, 2.75) is 25.9 Å². The van der Waals surface area contributed by atoms with Crippen molar-refractivity contribution in [3.63, 3.8) is 0 Å². The summed E-state index contributed by atoms with van der Waals surface area (Å²) in [6.07, 6.45) is 7.38. The highest BCUT2D eigenvalue weighted by atomic mass is 16.1. The highest BCUT2D eigenvalue weighted by molar-refractivity contribution is 5.37. The van der Waals surface area contributed by atoms with E-state index in [1.165, 1.54) is 0 Å². The van der Waals surface area contributed by atoms with E-state index < -0.39 is 0 Å². The number of likely N-dealkylation sites (tertiary alicyclic amines) is 1. The van der Waals surface area contributed by atoms with Crippen molar-refractivity contribution in [3.8, 4) is 0 Å². The molecule has 3 aromatic rings. The second-order valence-electron chi connectivity index (χ2n) is 6.35. The SMILES string of the molecule is O=c1cc(CN2CCC(Cn3cncn3)CC2)nc2ccccn12. The molecule has 24 heavy (non-hydrogen) atoms. The van der Waals surface area contributed by atoms with Gasteiger partial charge in [-0.2, -0.15) is 5.10 Å². The third kappa shape index (κ3) is 3.21. The van der Waals surface area contributed by atoms with Crippen molar-refractivity contribution in [1.29, 1.82) is 0 Å². The number of hydrogen-bond donors (Lipinski definition) is 0. The van der Waals surface area contributed by atoms with Gasteiger partial charge in [0.1, 0.15) is 18.3 Å². The van der Waals surface area contributed by atoms with Gasteiger partial charge in [-0.1, -0.05) is 6.07 Å². The molecule has 0 saturated carbocycles. The Morgan fingerprint density at radius 2 is 2.08 bits per heavy atom. The van der Waals surface area contributed by atoms with Crippen LogP contribution < -0.4 is 5.56 Å². The topological polar surface area (TPSA) is 68.3 Å². The summed E-state index contributed by atoms with van der Waals surface area (Å²) in [5.74, 6) is 0.637. The van der Waals surface area contributed by atoms with E-state index in [0.717, 1.165) is 44.7 Å². The van der Waals surface area contributed by atoms with E-state index in [0.29, 0.717) is 11.6 Å². The maximum atomic E-state index is 12.2. The number of piperidine rings is 1. The van der Waals surface area contributed by atoms with Crippen LogP contribution in [-0.2, 0) is 13.1 Å². The summed E-state index contributed by atoms with van der Waals surface area (Å²) in [5.41, 5.74) is 1.54. The number of fused-ring (bicyclic) bond motifs is 1. The minimum Gasteiger partial charge on any atom is -0.297 e. The molecule has 0 bridgehead atoms. The lowest BCUT2D eigenvalue weighted by atomic mass is 9.97. The summed E-state index contributed by atoms with van der Waals surface area (Å²) in [6.45, 7) is 3.71. The minimum atomic E-state index is -0.0170. The lowest BCUT2D eigenvalue weighted by Gasteiger charge is -2.31. The quantitative estimate of drug-likeness (QED) is 0.721. The first-order valence-electron chi connectivity index (χ1n) is 8.30. The van der Waals surface area contributed by atoms with E-state index in [1.54, 1.807) is 29.3 Å². The molecule has 124 valence electrons. The predicted octanol–water partition coefficient (Wildman–Crippen LogP) is 1.20. The van der Waals surface area contributed by atoms with Gasteiger partial charge in [-0.25, -0.2) is 9.97 Å². The lowest BCUT2D eigenvalue weighted by Crippen LogP contribution is -2.35. The maximum Gasteiger partial charge on any atom is 0.258 e. The van der Waals surface area contributed by atoms with Gasteiger partial charge in [0.2, 0.25) is 0 Å². The van der Waals surface area contributed by atoms with Gasteiger partial charge in [0.15, 0.2) is 0 Å². The van der Waals surface area contributed by atoms with Crippen LogP contribution >= 0.6 is 0 Å². The van der Waals surface area contributed by atoms with Crippen molar-refractivity contribution in [2.24, 2.45) is 5.92 Å². The molecule has 0 amide bonds. The van der Waals surface area contributed by atoms with Crippen LogP contribution in [0.25, 0.3) is 5.65 Å². The van der Waals surface area contributed by atoms with Gasteiger partial charge in [0, 0.05) is 25.4 Å². The number of nitrogens with zero attached hydrogens (tertiary/aromatic N) is 6. The molecule has 1 saturated heterocycles. The Morgan fingerprint density at radius 3 is 2.88 bits per heavy atom. The summed E-state index contributed by atoms with van der Waals surface area (Å²) >= 11 is 0. The number of aromatic nitrogens is 5. The van der Waals surface area contributed by atoms with Gasteiger partial charge < -0.3 is 0 Å². The molecule has 3 aromatic heterocycles. The number of pyridine rings is 1. The molecule has 0 atom stereocenters. The second kappa shape index (κ2) is 6.52. The summed E-state index contributed by atoms with van der Waals surface area (Å²) in [5, 5.41) is 4.18. The molecule has 4 rings (SSSR count). The Hall–Kier alpha value is -2.54. The van der Waals surface area contributed by atoms with Crippen molar-refractivity contribution >= 4 is 5.65 Å². The third-order valence-corrected chi connectivity index (χ3v) is 4.63. The molecule has 7 nitrogen and oxygen atoms in total. The molecule has 0 spiro atoms. The van der Waals surface area contributed by atoms with E-state index >= 15 is 0 Å². The molecule has 0 aromatic carbocycles. The normalized spacial score (nSPS) is 16.7. The van der Waals surface area contributed by atoms with Crippen molar-refractivity contribution < 1.29 is 0 Å². The van der Waals surface area contributed by atoms with Gasteiger partial charge in [0.25, 0.3) is 5.56 Å². The highest BCUT2D eigenvalue weighted by Gasteiger charge is 2.20. The van der Waals surface area contributed by atoms with Crippen LogP contribution in [0.5, 0.6) is 0 Å². The van der Waals surface area contributed by atoms with Crippen LogP contribution in [0.2, 0.25) is 0 Å². The third-order valence-electron chi connectivity index (χ3n) is 4.63. The number of rotatable bonds is 4. The Kier molecular flexibility index (Phi) is 4.08. The molecule has 1 aliphatic heterocycles. The summed E-state index contributed by atoms with van der Waals surface area (Å²) in [4.78, 5) is 23.1. The van der Waals surface area contributed by atoms with Crippen LogP contribution in [0, 0.1) is 5.92 Å². The Morgan fingerprint density at radius 1 is 1.21 bits per heavy atom. The molecule has 0 radical (unpaired) electrons. The van der Waals surface area contributed by atoms with Gasteiger partial charge in [-0.3, -0.25) is 18.8 Å². The highest BCUT2D eigenvalue weighted by Crippen LogP contribution is 2.19. The molecule has 1 fully saturated rings. The lowest BCUT2D eigenvalue weighted by molar-refractivity contribution is 0.163. The first kappa shape index (κ1) is 15.0. The van der Waals surface area contributed by atoms with Crippen molar-refractivity contribution in [1.82, 2.24) is 29.0 Å².